The molecule has 18 heavy (non-hydrogen) atoms. The fourth-order valence-electron chi connectivity index (χ4n) is 1.37. The molecule has 4 nitrogen and oxygen atoms in total. The Labute approximate surface area is 119 Å². The molecule has 0 aliphatic heterocycles. The van der Waals surface area contributed by atoms with E-state index in [2.05, 4.69) is 15.9 Å². The molecular formula is C11H12BrClO4S. The molecule has 0 spiro atoms. The van der Waals surface area contributed by atoms with E-state index in [1.165, 1.54) is 6.92 Å². The van der Waals surface area contributed by atoms with Gasteiger partial charge in [-0.1, -0.05) is 33.6 Å². The normalized spacial score (nSPS) is 13.3. The molecular weight excluding hydrogens is 344 g/mol. The molecule has 0 heterocycles. The Morgan fingerprint density at radius 2 is 2.11 bits per heavy atom. The molecule has 0 fully saturated rings. The molecule has 7 heteroatoms. The van der Waals surface area contributed by atoms with Crippen molar-refractivity contribution in [3.63, 3.8) is 0 Å². The average Bonchev–Trinajstić information content (AvgIpc) is 2.21. The van der Waals surface area contributed by atoms with Crippen LogP contribution in [0.25, 0.3) is 0 Å². The molecule has 0 saturated carbocycles. The second-order valence-electron chi connectivity index (χ2n) is 3.95. The predicted molar refractivity (Wildman–Crippen MR) is 73.5 cm³/mol. The van der Waals surface area contributed by atoms with Gasteiger partial charge in [-0.25, -0.2) is 8.42 Å². The highest BCUT2D eigenvalue weighted by Crippen LogP contribution is 2.24. The SMILES string of the molecule is CC(CC(=O)O)S(=O)(=O)Cc1ccc(Br)cc1Cl. The summed E-state index contributed by atoms with van der Waals surface area (Å²) in [5.74, 6) is -1.39. The second-order valence-corrected chi connectivity index (χ2v) is 7.69. The molecule has 0 aromatic heterocycles. The minimum Gasteiger partial charge on any atom is -0.481 e. The molecule has 0 amide bonds. The fraction of sp³-hybridized carbons (Fsp3) is 0.364. The summed E-state index contributed by atoms with van der Waals surface area (Å²) < 4.78 is 24.6. The van der Waals surface area contributed by atoms with Crippen LogP contribution in [0, 0.1) is 0 Å². The Hall–Kier alpha value is -0.590. The average molecular weight is 356 g/mol. The molecule has 1 N–H and O–H groups in total. The highest BCUT2D eigenvalue weighted by Gasteiger charge is 2.24. The second kappa shape index (κ2) is 6.04. The first-order valence-corrected chi connectivity index (χ1v) is 7.98. The van der Waals surface area contributed by atoms with Gasteiger partial charge in [0.1, 0.15) is 0 Å². The van der Waals surface area contributed by atoms with Gasteiger partial charge < -0.3 is 5.11 Å². The van der Waals surface area contributed by atoms with E-state index in [1.54, 1.807) is 18.2 Å². The lowest BCUT2D eigenvalue weighted by Crippen LogP contribution is -2.22. The van der Waals surface area contributed by atoms with Crippen LogP contribution in [0.15, 0.2) is 22.7 Å². The quantitative estimate of drug-likeness (QED) is 0.881. The van der Waals surface area contributed by atoms with Gasteiger partial charge in [0.25, 0.3) is 0 Å². The highest BCUT2D eigenvalue weighted by atomic mass is 79.9. The van der Waals surface area contributed by atoms with Gasteiger partial charge in [0, 0.05) is 9.50 Å². The van der Waals surface area contributed by atoms with Crippen molar-refractivity contribution in [3.05, 3.63) is 33.3 Å². The summed E-state index contributed by atoms with van der Waals surface area (Å²) >= 11 is 9.16. The maximum Gasteiger partial charge on any atom is 0.304 e. The van der Waals surface area contributed by atoms with E-state index in [0.29, 0.717) is 10.6 Å². The lowest BCUT2D eigenvalue weighted by Gasteiger charge is -2.11. The molecule has 0 radical (unpaired) electrons. The molecule has 1 aromatic rings. The van der Waals surface area contributed by atoms with Gasteiger partial charge in [-0.05, 0) is 24.6 Å². The minimum absolute atomic E-state index is 0.256. The zero-order valence-corrected chi connectivity index (χ0v) is 12.7. The first-order valence-electron chi connectivity index (χ1n) is 5.09. The maximum atomic E-state index is 11.9. The number of hydrogen-bond acceptors (Lipinski definition) is 3. The number of aliphatic carboxylic acids is 1. The van der Waals surface area contributed by atoms with Crippen LogP contribution < -0.4 is 0 Å². The Morgan fingerprint density at radius 3 is 2.61 bits per heavy atom. The monoisotopic (exact) mass is 354 g/mol. The van der Waals surface area contributed by atoms with E-state index in [0.717, 1.165) is 4.47 Å². The minimum atomic E-state index is -3.52. The molecule has 1 atom stereocenters. The van der Waals surface area contributed by atoms with Gasteiger partial charge in [0.15, 0.2) is 9.84 Å². The third-order valence-corrected chi connectivity index (χ3v) is 5.40. The first kappa shape index (κ1) is 15.5. The van der Waals surface area contributed by atoms with E-state index in [9.17, 15) is 13.2 Å². The number of carbonyl (C=O) groups is 1. The van der Waals surface area contributed by atoms with E-state index in [1.807, 2.05) is 0 Å². The molecule has 1 aromatic carbocycles. The lowest BCUT2D eigenvalue weighted by molar-refractivity contribution is -0.136. The summed E-state index contributed by atoms with van der Waals surface area (Å²) in [5.41, 5.74) is 0.470. The number of carboxylic acids is 1. The highest BCUT2D eigenvalue weighted by molar-refractivity contribution is 9.10. The number of sulfone groups is 1. The van der Waals surface area contributed by atoms with Crippen molar-refractivity contribution in [1.29, 1.82) is 0 Å². The predicted octanol–water partition coefficient (Wildman–Crippen LogP) is 2.88. The summed E-state index contributed by atoms with van der Waals surface area (Å²) in [6, 6.07) is 4.91. The van der Waals surface area contributed by atoms with Gasteiger partial charge in [0.05, 0.1) is 17.4 Å². The van der Waals surface area contributed by atoms with Crippen molar-refractivity contribution in [2.45, 2.75) is 24.3 Å². The van der Waals surface area contributed by atoms with Gasteiger partial charge in [0.2, 0.25) is 0 Å². The first-order chi connectivity index (χ1) is 8.22. The summed E-state index contributed by atoms with van der Waals surface area (Å²) in [7, 11) is -3.52. The third kappa shape index (κ3) is 4.26. The molecule has 0 bridgehead atoms. The van der Waals surface area contributed by atoms with Gasteiger partial charge in [-0.15, -0.1) is 0 Å². The van der Waals surface area contributed by atoms with E-state index in [4.69, 9.17) is 16.7 Å². The lowest BCUT2D eigenvalue weighted by atomic mass is 10.2. The van der Waals surface area contributed by atoms with Crippen molar-refractivity contribution in [3.8, 4) is 0 Å². The van der Waals surface area contributed by atoms with Crippen molar-refractivity contribution < 1.29 is 18.3 Å². The molecule has 0 aliphatic rings. The Kier molecular flexibility index (Phi) is 5.19. The topological polar surface area (TPSA) is 71.4 Å². The van der Waals surface area contributed by atoms with Gasteiger partial charge >= 0.3 is 5.97 Å². The Bertz CT molecular complexity index is 556. The van der Waals surface area contributed by atoms with E-state index in [-0.39, 0.29) is 5.75 Å². The van der Waals surface area contributed by atoms with E-state index >= 15 is 0 Å². The number of carboxylic acid groups (broad SMARTS) is 1. The van der Waals surface area contributed by atoms with Crippen LogP contribution in [0.3, 0.4) is 0 Å². The zero-order valence-electron chi connectivity index (χ0n) is 9.56. The molecule has 1 rings (SSSR count). The zero-order chi connectivity index (χ0) is 13.9. The van der Waals surface area contributed by atoms with Crippen molar-refractivity contribution >= 4 is 43.3 Å². The van der Waals surface area contributed by atoms with Crippen LogP contribution in [0.1, 0.15) is 18.9 Å². The molecule has 100 valence electrons. The van der Waals surface area contributed by atoms with Crippen LogP contribution in [-0.2, 0) is 20.4 Å². The Morgan fingerprint density at radius 1 is 1.50 bits per heavy atom. The largest absolute Gasteiger partial charge is 0.481 e. The van der Waals surface area contributed by atoms with Crippen molar-refractivity contribution in [2.24, 2.45) is 0 Å². The van der Waals surface area contributed by atoms with Crippen molar-refractivity contribution in [1.82, 2.24) is 0 Å². The van der Waals surface area contributed by atoms with Crippen LogP contribution in [0.2, 0.25) is 5.02 Å². The van der Waals surface area contributed by atoms with Gasteiger partial charge in [-0.2, -0.15) is 0 Å². The summed E-state index contributed by atoms with van der Waals surface area (Å²) in [6.45, 7) is 1.39. The number of halogens is 2. The molecule has 0 aliphatic carbocycles. The smallest absolute Gasteiger partial charge is 0.304 e. The maximum absolute atomic E-state index is 11.9. The fourth-order valence-corrected chi connectivity index (χ4v) is 3.56. The van der Waals surface area contributed by atoms with Gasteiger partial charge in [-0.3, -0.25) is 4.79 Å². The third-order valence-electron chi connectivity index (χ3n) is 2.45. The summed E-state index contributed by atoms with van der Waals surface area (Å²) in [4.78, 5) is 10.5. The van der Waals surface area contributed by atoms with Crippen LogP contribution >= 0.6 is 27.5 Å². The number of hydrogen-bond donors (Lipinski definition) is 1. The molecule has 1 unspecified atom stereocenters. The van der Waals surface area contributed by atoms with E-state index < -0.39 is 27.5 Å². The number of rotatable bonds is 5. The van der Waals surface area contributed by atoms with Crippen LogP contribution in [-0.4, -0.2) is 24.7 Å². The standard InChI is InChI=1S/C11H12BrClO4S/c1-7(4-11(14)15)18(16,17)6-8-2-3-9(12)5-10(8)13/h2-3,5,7H,4,6H2,1H3,(H,14,15). The van der Waals surface area contributed by atoms with Crippen molar-refractivity contribution in [2.75, 3.05) is 0 Å². The Balaban J connectivity index is 2.92. The van der Waals surface area contributed by atoms with Crippen LogP contribution in [0.4, 0.5) is 0 Å². The summed E-state index contributed by atoms with van der Waals surface area (Å²) in [5, 5.41) is 8.02. The van der Waals surface area contributed by atoms with Crippen LogP contribution in [0.5, 0.6) is 0 Å². The molecule has 0 saturated heterocycles. The summed E-state index contributed by atoms with van der Waals surface area (Å²) in [6.07, 6.45) is -0.406. The number of benzene rings is 1.